The van der Waals surface area contributed by atoms with Crippen molar-refractivity contribution in [1.82, 2.24) is 0 Å². The molecule has 4 fully saturated rings. The summed E-state index contributed by atoms with van der Waals surface area (Å²) in [5, 5.41) is 19.7. The van der Waals surface area contributed by atoms with Gasteiger partial charge in [0.15, 0.2) is 0 Å². The molecule has 4 saturated carbocycles. The Hall–Kier alpha value is -5.16. The van der Waals surface area contributed by atoms with Crippen molar-refractivity contribution in [2.45, 2.75) is 191 Å². The third kappa shape index (κ3) is 17.2. The lowest BCUT2D eigenvalue weighted by Gasteiger charge is -2.40. The van der Waals surface area contributed by atoms with Crippen LogP contribution in [0.25, 0.3) is 0 Å². The fraction of sp³-hybridized carbons (Fsp3) is 0.625. The van der Waals surface area contributed by atoms with Crippen LogP contribution in [0.3, 0.4) is 0 Å². The number of carbonyl (C=O) groups is 4. The van der Waals surface area contributed by atoms with E-state index in [0.29, 0.717) is 89.3 Å². The van der Waals surface area contributed by atoms with Crippen molar-refractivity contribution in [3.8, 4) is 23.7 Å². The molecule has 0 radical (unpaired) electrons. The minimum atomic E-state index is -0.760. The molecule has 0 amide bonds. The Balaban J connectivity index is 1.25. The Morgan fingerprint density at radius 2 is 0.878 bits per heavy atom. The molecule has 6 rings (SSSR count). The van der Waals surface area contributed by atoms with Crippen molar-refractivity contribution in [3.05, 3.63) is 96.1 Å². The average Bonchev–Trinajstić information content (AvgIpc) is 3.42. The second-order valence-electron chi connectivity index (χ2n) is 22.1. The molecule has 2 aromatic rings. The Morgan fingerprint density at radius 3 is 1.19 bits per heavy atom. The molecular weight excluding hydrogens is 929 g/mol. The molecule has 10 heteroatoms. The molecule has 0 saturated heterocycles. The summed E-state index contributed by atoms with van der Waals surface area (Å²) in [4.78, 5) is 47.3. The van der Waals surface area contributed by atoms with Gasteiger partial charge in [-0.05, 0) is 122 Å². The van der Waals surface area contributed by atoms with Gasteiger partial charge in [0.05, 0.1) is 49.5 Å². The maximum Gasteiger partial charge on any atom is 0.330 e. The minimum Gasteiger partial charge on any atom is -0.481 e. The Labute approximate surface area is 443 Å². The van der Waals surface area contributed by atoms with E-state index in [0.717, 1.165) is 59.1 Å². The molecule has 0 spiro atoms. The van der Waals surface area contributed by atoms with Crippen LogP contribution in [0.5, 0.6) is 0 Å². The lowest BCUT2D eigenvalue weighted by molar-refractivity contribution is -0.148. The fourth-order valence-corrected chi connectivity index (χ4v) is 12.6. The maximum atomic E-state index is 12.0. The lowest BCUT2D eigenvalue weighted by atomic mass is 9.74. The molecular formula is C64H86O10. The van der Waals surface area contributed by atoms with Crippen molar-refractivity contribution in [2.24, 2.45) is 35.5 Å². The van der Waals surface area contributed by atoms with Gasteiger partial charge in [0.25, 0.3) is 0 Å². The topological polar surface area (TPSA) is 146 Å². The average molecular weight is 1020 g/mol. The number of esters is 2. The van der Waals surface area contributed by atoms with Gasteiger partial charge >= 0.3 is 23.9 Å². The third-order valence-corrected chi connectivity index (χ3v) is 17.1. The molecule has 0 bridgehead atoms. The van der Waals surface area contributed by atoms with E-state index in [-0.39, 0.29) is 25.0 Å². The summed E-state index contributed by atoms with van der Waals surface area (Å²) < 4.78 is 23.7. The van der Waals surface area contributed by atoms with Crippen molar-refractivity contribution in [1.29, 1.82) is 0 Å². The fourth-order valence-electron chi connectivity index (χ4n) is 12.6. The first kappa shape index (κ1) is 58.1. The van der Waals surface area contributed by atoms with E-state index >= 15 is 0 Å². The van der Waals surface area contributed by atoms with E-state index in [4.69, 9.17) is 18.9 Å². The molecule has 402 valence electrons. The molecule has 2 N–H and O–H groups in total. The summed E-state index contributed by atoms with van der Waals surface area (Å²) in [6.45, 7) is 12.7. The lowest BCUT2D eigenvalue weighted by Crippen LogP contribution is -2.37. The second kappa shape index (κ2) is 29.8. The second-order valence-corrected chi connectivity index (χ2v) is 22.1. The molecule has 2 aromatic carbocycles. The Morgan fingerprint density at radius 1 is 0.541 bits per heavy atom. The van der Waals surface area contributed by atoms with Gasteiger partial charge in [-0.25, -0.2) is 9.59 Å². The van der Waals surface area contributed by atoms with Gasteiger partial charge in [0.1, 0.15) is 0 Å². The van der Waals surface area contributed by atoms with Gasteiger partial charge in [-0.1, -0.05) is 164 Å². The van der Waals surface area contributed by atoms with E-state index in [1.807, 2.05) is 0 Å². The summed E-state index contributed by atoms with van der Waals surface area (Å²) in [7, 11) is 0. The summed E-state index contributed by atoms with van der Waals surface area (Å²) in [5.41, 5.74) is 3.13. The van der Waals surface area contributed by atoms with E-state index in [9.17, 15) is 29.4 Å². The first-order chi connectivity index (χ1) is 35.9. The van der Waals surface area contributed by atoms with Gasteiger partial charge in [0.2, 0.25) is 0 Å². The number of rotatable bonds is 26. The molecule has 2 atom stereocenters. The zero-order valence-electron chi connectivity index (χ0n) is 44.8. The van der Waals surface area contributed by atoms with Gasteiger partial charge in [-0.3, -0.25) is 9.59 Å². The van der Waals surface area contributed by atoms with Gasteiger partial charge in [-0.15, -0.1) is 0 Å². The zero-order valence-corrected chi connectivity index (χ0v) is 44.8. The van der Waals surface area contributed by atoms with Gasteiger partial charge in [-0.2, -0.15) is 0 Å². The minimum absolute atomic E-state index is 0.00161. The number of carboxylic acids is 2. The van der Waals surface area contributed by atoms with Crippen LogP contribution in [0, 0.1) is 59.2 Å². The number of hydrogen-bond donors (Lipinski definition) is 2. The van der Waals surface area contributed by atoms with Crippen LogP contribution in [-0.2, 0) is 49.3 Å². The van der Waals surface area contributed by atoms with Crippen molar-refractivity contribution in [2.75, 3.05) is 26.4 Å². The Bertz CT molecular complexity index is 2070. The van der Waals surface area contributed by atoms with Crippen molar-refractivity contribution < 1.29 is 48.3 Å². The normalized spacial score (nSPS) is 26.6. The third-order valence-electron chi connectivity index (χ3n) is 17.1. The number of carboxylic acid groups (broad SMARTS) is 2. The SMILES string of the molecule is C=CC(=O)OCCCOC1(c2ccc(C(C#CC#CC(CC3CCC(CCC)CC3)c3ccc(C4(OCCCOC(=O)C=C)CCC(C(=O)O)CC4)cc3)CC3CCC(CCC)CC3)cc2)CCC(C(=O)O)CC1. The van der Waals surface area contributed by atoms with Crippen LogP contribution in [0.1, 0.15) is 202 Å². The predicted molar refractivity (Wildman–Crippen MR) is 290 cm³/mol. The number of aliphatic carboxylic acids is 2. The molecule has 4 aliphatic rings. The quantitative estimate of drug-likeness (QED) is 0.0404. The smallest absolute Gasteiger partial charge is 0.330 e. The van der Waals surface area contributed by atoms with Gasteiger partial charge < -0.3 is 29.2 Å². The predicted octanol–water partition coefficient (Wildman–Crippen LogP) is 13.8. The monoisotopic (exact) mass is 1010 g/mol. The first-order valence-corrected chi connectivity index (χ1v) is 28.4. The van der Waals surface area contributed by atoms with Crippen LogP contribution in [-0.4, -0.2) is 60.5 Å². The van der Waals surface area contributed by atoms with Crippen LogP contribution < -0.4 is 0 Å². The van der Waals surface area contributed by atoms with E-state index in [1.54, 1.807) is 0 Å². The molecule has 0 aromatic heterocycles. The van der Waals surface area contributed by atoms with Crippen molar-refractivity contribution >= 4 is 23.9 Å². The van der Waals surface area contributed by atoms with Crippen LogP contribution in [0.4, 0.5) is 0 Å². The molecule has 0 aliphatic heterocycles. The Kier molecular flexibility index (Phi) is 23.4. The number of carbonyl (C=O) groups excluding carboxylic acids is 2. The van der Waals surface area contributed by atoms with Crippen LogP contribution in [0.2, 0.25) is 0 Å². The van der Waals surface area contributed by atoms with E-state index in [2.05, 4.69) is 99.2 Å². The van der Waals surface area contributed by atoms with Crippen LogP contribution in [0.15, 0.2) is 73.8 Å². The van der Waals surface area contributed by atoms with Crippen molar-refractivity contribution in [3.63, 3.8) is 0 Å². The molecule has 4 aliphatic carbocycles. The number of benzene rings is 2. The summed E-state index contributed by atoms with van der Waals surface area (Å²) in [5.74, 6) is 13.7. The summed E-state index contributed by atoms with van der Waals surface area (Å²) in [6, 6.07) is 17.5. The first-order valence-electron chi connectivity index (χ1n) is 28.4. The largest absolute Gasteiger partial charge is 0.481 e. The van der Waals surface area contributed by atoms with Crippen LogP contribution >= 0.6 is 0 Å². The molecule has 0 heterocycles. The summed E-state index contributed by atoms with van der Waals surface area (Å²) >= 11 is 0. The number of ether oxygens (including phenoxy) is 4. The highest BCUT2D eigenvalue weighted by Crippen LogP contribution is 2.46. The highest BCUT2D eigenvalue weighted by atomic mass is 16.5. The highest BCUT2D eigenvalue weighted by molar-refractivity contribution is 5.81. The summed E-state index contributed by atoms with van der Waals surface area (Å²) in [6.07, 6.45) is 24.8. The molecule has 2 unspecified atom stereocenters. The number of hydrogen-bond acceptors (Lipinski definition) is 8. The zero-order chi connectivity index (χ0) is 52.8. The molecule has 74 heavy (non-hydrogen) atoms. The molecule has 10 nitrogen and oxygen atoms in total. The van der Waals surface area contributed by atoms with E-state index in [1.165, 1.54) is 77.0 Å². The standard InChI is InChI=1S/C64H86O10/c1-5-13-47-17-21-49(22-18-47)45-55(51-25-29-57(30-26-51)63(37-33-53(34-38-63)61(67)68)73-43-11-41-71-59(65)7-3)15-9-10-16-56(46-50-23-19-48(14-6-2)20-24-50)52-27-31-58(32-28-52)64(39-35-54(36-40-64)62(69)70)74-44-12-42-72-60(66)8-4/h7-8,25-32,47-50,53-56H,3-6,11-14,17-24,33-46H2,1-2H3,(H,67,68)(H,69,70). The highest BCUT2D eigenvalue weighted by Gasteiger charge is 2.41. The van der Waals surface area contributed by atoms with Gasteiger partial charge in [0, 0.05) is 36.8 Å². The van der Waals surface area contributed by atoms with E-state index < -0.39 is 46.9 Å². The maximum absolute atomic E-state index is 12.0.